The molecular formula is C26H38O3. The molecule has 0 aromatic heterocycles. The normalized spacial score (nSPS) is 43.4. The molecule has 4 rings (SSSR count). The number of allylic oxidation sites excluding steroid dienone is 2. The Kier molecular flexibility index (Phi) is 5.55. The number of ketones is 1. The van der Waals surface area contributed by atoms with Gasteiger partial charge in [-0.3, -0.25) is 9.59 Å². The molecule has 160 valence electrons. The molecule has 0 unspecified atom stereocenters. The first kappa shape index (κ1) is 20.9. The van der Waals surface area contributed by atoms with Crippen LogP contribution in [0.5, 0.6) is 0 Å². The smallest absolute Gasteiger partial charge is 0.306 e. The number of carbonyl (C=O) groups excluding carboxylic acids is 2. The number of fused-ring (bicyclic) bond motifs is 5. The van der Waals surface area contributed by atoms with Crippen LogP contribution in [0.1, 0.15) is 85.0 Å². The Morgan fingerprint density at radius 1 is 1.17 bits per heavy atom. The van der Waals surface area contributed by atoms with E-state index in [1.165, 1.54) is 24.8 Å². The molecule has 3 saturated carbocycles. The van der Waals surface area contributed by atoms with E-state index in [0.29, 0.717) is 24.5 Å². The van der Waals surface area contributed by atoms with Crippen LogP contribution >= 0.6 is 0 Å². The molecule has 4 aliphatic rings. The van der Waals surface area contributed by atoms with Gasteiger partial charge in [0.25, 0.3) is 0 Å². The summed E-state index contributed by atoms with van der Waals surface area (Å²) in [5.74, 6) is 2.74. The van der Waals surface area contributed by atoms with Crippen LogP contribution in [-0.2, 0) is 14.3 Å². The van der Waals surface area contributed by atoms with Crippen LogP contribution in [0.2, 0.25) is 0 Å². The van der Waals surface area contributed by atoms with Crippen molar-refractivity contribution in [2.45, 2.75) is 91.1 Å². The zero-order valence-electron chi connectivity index (χ0n) is 18.5. The second-order valence-corrected chi connectivity index (χ2v) is 10.7. The Morgan fingerprint density at radius 2 is 1.97 bits per heavy atom. The van der Waals surface area contributed by atoms with Crippen molar-refractivity contribution in [3.05, 3.63) is 24.3 Å². The average Bonchev–Trinajstić information content (AvgIpc) is 3.04. The average molecular weight is 399 g/mol. The standard InChI is InChI=1S/C26H38O3/c1-5-6-7-24(28)29-19-12-14-25(3)18(16-19)8-9-20-22-11-10-21(17(2)27)26(22,4)15-13-23(20)25/h5,8,19-23H,1,6-7,9-16H2,2-4H3/t19-,20-,21+,22-,23-,25-,26+/m0/s1. The second kappa shape index (κ2) is 7.71. The van der Waals surface area contributed by atoms with Crippen LogP contribution in [0.4, 0.5) is 0 Å². The quantitative estimate of drug-likeness (QED) is 0.419. The summed E-state index contributed by atoms with van der Waals surface area (Å²) in [5, 5.41) is 0. The Balaban J connectivity index is 1.49. The predicted molar refractivity (Wildman–Crippen MR) is 115 cm³/mol. The number of Topliss-reactive ketones (excluding diaryl/α,β-unsaturated/α-hetero) is 1. The van der Waals surface area contributed by atoms with Crippen molar-refractivity contribution in [2.75, 3.05) is 0 Å². The van der Waals surface area contributed by atoms with Gasteiger partial charge in [-0.2, -0.15) is 0 Å². The molecule has 4 aliphatic carbocycles. The van der Waals surface area contributed by atoms with Crippen LogP contribution < -0.4 is 0 Å². The number of ether oxygens (including phenoxy) is 1. The Hall–Kier alpha value is -1.38. The number of hydrogen-bond donors (Lipinski definition) is 0. The van der Waals surface area contributed by atoms with Gasteiger partial charge in [0.2, 0.25) is 0 Å². The van der Waals surface area contributed by atoms with E-state index in [4.69, 9.17) is 4.74 Å². The second-order valence-electron chi connectivity index (χ2n) is 10.7. The van der Waals surface area contributed by atoms with Crippen LogP contribution in [0.15, 0.2) is 24.3 Å². The molecule has 0 bridgehead atoms. The SMILES string of the molecule is C=CCCC(=O)O[C@H]1CC[C@@]2(C)C(=CC[C@H]3[C@@H]4CC[C@H](C(C)=O)[C@@]4(C)CC[C@@H]32)C1. The van der Waals surface area contributed by atoms with Crippen molar-refractivity contribution < 1.29 is 14.3 Å². The molecule has 0 aromatic carbocycles. The third-order valence-electron chi connectivity index (χ3n) is 9.40. The molecular weight excluding hydrogens is 360 g/mol. The predicted octanol–water partition coefficient (Wildman–Crippen LogP) is 6.03. The highest BCUT2D eigenvalue weighted by Gasteiger charge is 2.59. The fourth-order valence-electron chi connectivity index (χ4n) is 7.86. The van der Waals surface area contributed by atoms with E-state index in [2.05, 4.69) is 26.5 Å². The van der Waals surface area contributed by atoms with Crippen molar-refractivity contribution >= 4 is 11.8 Å². The van der Waals surface area contributed by atoms with Crippen molar-refractivity contribution in [3.8, 4) is 0 Å². The van der Waals surface area contributed by atoms with Gasteiger partial charge in [0.1, 0.15) is 11.9 Å². The molecule has 29 heavy (non-hydrogen) atoms. The summed E-state index contributed by atoms with van der Waals surface area (Å²) in [6, 6.07) is 0. The summed E-state index contributed by atoms with van der Waals surface area (Å²) >= 11 is 0. The van der Waals surface area contributed by atoms with Gasteiger partial charge in [0, 0.05) is 18.8 Å². The first-order valence-corrected chi connectivity index (χ1v) is 11.8. The first-order chi connectivity index (χ1) is 13.8. The molecule has 0 amide bonds. The van der Waals surface area contributed by atoms with Crippen molar-refractivity contribution in [1.29, 1.82) is 0 Å². The summed E-state index contributed by atoms with van der Waals surface area (Å²) in [6.45, 7) is 10.4. The maximum atomic E-state index is 12.3. The van der Waals surface area contributed by atoms with Crippen LogP contribution in [0, 0.1) is 34.5 Å². The Morgan fingerprint density at radius 3 is 2.69 bits per heavy atom. The largest absolute Gasteiger partial charge is 0.462 e. The zero-order chi connectivity index (χ0) is 20.8. The van der Waals surface area contributed by atoms with Crippen LogP contribution in [0.25, 0.3) is 0 Å². The van der Waals surface area contributed by atoms with Gasteiger partial charge in [-0.15, -0.1) is 6.58 Å². The Labute approximate surface area is 176 Å². The summed E-state index contributed by atoms with van der Waals surface area (Å²) < 4.78 is 5.78. The number of hydrogen-bond acceptors (Lipinski definition) is 3. The van der Waals surface area contributed by atoms with E-state index in [1.807, 2.05) is 6.92 Å². The maximum absolute atomic E-state index is 12.3. The highest BCUT2D eigenvalue weighted by molar-refractivity contribution is 5.79. The molecule has 7 atom stereocenters. The van der Waals surface area contributed by atoms with Gasteiger partial charge in [-0.25, -0.2) is 0 Å². The highest BCUT2D eigenvalue weighted by atomic mass is 16.5. The first-order valence-electron chi connectivity index (χ1n) is 11.8. The van der Waals surface area contributed by atoms with Gasteiger partial charge in [-0.1, -0.05) is 31.6 Å². The maximum Gasteiger partial charge on any atom is 0.306 e. The molecule has 0 spiro atoms. The fourth-order valence-corrected chi connectivity index (χ4v) is 7.86. The molecule has 0 aromatic rings. The fraction of sp³-hybridized carbons (Fsp3) is 0.769. The molecule has 3 heteroatoms. The summed E-state index contributed by atoms with van der Waals surface area (Å²) in [4.78, 5) is 24.4. The zero-order valence-corrected chi connectivity index (χ0v) is 18.5. The molecule has 0 heterocycles. The van der Waals surface area contributed by atoms with E-state index in [1.54, 1.807) is 6.08 Å². The third-order valence-corrected chi connectivity index (χ3v) is 9.40. The van der Waals surface area contributed by atoms with E-state index in [0.717, 1.165) is 43.9 Å². The minimum atomic E-state index is -0.0811. The van der Waals surface area contributed by atoms with Crippen molar-refractivity contribution in [3.63, 3.8) is 0 Å². The minimum absolute atomic E-state index is 0.0469. The molecule has 0 N–H and O–H groups in total. The van der Waals surface area contributed by atoms with Crippen molar-refractivity contribution in [2.24, 2.45) is 34.5 Å². The summed E-state index contributed by atoms with van der Waals surface area (Å²) in [7, 11) is 0. The van der Waals surface area contributed by atoms with Gasteiger partial charge >= 0.3 is 5.97 Å². The summed E-state index contributed by atoms with van der Waals surface area (Å²) in [5.41, 5.74) is 2.01. The monoisotopic (exact) mass is 398 g/mol. The molecule has 0 saturated heterocycles. The van der Waals surface area contributed by atoms with Gasteiger partial charge in [0.05, 0.1) is 0 Å². The van der Waals surface area contributed by atoms with E-state index >= 15 is 0 Å². The molecule has 0 radical (unpaired) electrons. The lowest BCUT2D eigenvalue weighted by Crippen LogP contribution is -2.51. The highest BCUT2D eigenvalue weighted by Crippen LogP contribution is 2.66. The van der Waals surface area contributed by atoms with Crippen LogP contribution in [-0.4, -0.2) is 17.9 Å². The van der Waals surface area contributed by atoms with E-state index in [9.17, 15) is 9.59 Å². The molecule has 3 fully saturated rings. The van der Waals surface area contributed by atoms with Gasteiger partial charge < -0.3 is 4.74 Å². The molecule has 3 nitrogen and oxygen atoms in total. The number of rotatable bonds is 5. The lowest BCUT2D eigenvalue weighted by molar-refractivity contribution is -0.151. The minimum Gasteiger partial charge on any atom is -0.462 e. The lowest BCUT2D eigenvalue weighted by Gasteiger charge is -2.58. The molecule has 0 aliphatic heterocycles. The van der Waals surface area contributed by atoms with Gasteiger partial charge in [-0.05, 0) is 86.9 Å². The topological polar surface area (TPSA) is 43.4 Å². The Bertz CT molecular complexity index is 721. The van der Waals surface area contributed by atoms with Crippen molar-refractivity contribution in [1.82, 2.24) is 0 Å². The number of carbonyl (C=O) groups is 2. The van der Waals surface area contributed by atoms with Crippen LogP contribution in [0.3, 0.4) is 0 Å². The van der Waals surface area contributed by atoms with E-state index < -0.39 is 0 Å². The lowest BCUT2D eigenvalue weighted by atomic mass is 9.47. The third kappa shape index (κ3) is 3.43. The van der Waals surface area contributed by atoms with E-state index in [-0.39, 0.29) is 28.8 Å². The number of esters is 1. The van der Waals surface area contributed by atoms with Gasteiger partial charge in [0.15, 0.2) is 0 Å². The summed E-state index contributed by atoms with van der Waals surface area (Å²) in [6.07, 6.45) is 14.4.